The van der Waals surface area contributed by atoms with E-state index in [4.69, 9.17) is 23.2 Å². The minimum Gasteiger partial charge on any atom is -0.352 e. The van der Waals surface area contributed by atoms with Crippen molar-refractivity contribution in [2.75, 3.05) is 10.8 Å². The molecule has 48 heavy (non-hydrogen) atoms. The molecule has 7 nitrogen and oxygen atoms in total. The first-order chi connectivity index (χ1) is 23.0. The zero-order valence-electron chi connectivity index (χ0n) is 26.6. The molecule has 0 radical (unpaired) electrons. The lowest BCUT2D eigenvalue weighted by atomic mass is 9.94. The third-order valence-corrected chi connectivity index (χ3v) is 11.1. The fourth-order valence-corrected chi connectivity index (χ4v) is 7.86. The number of carbonyl (C=O) groups excluding carboxylic acids is 2. The van der Waals surface area contributed by atoms with Crippen LogP contribution in [0.3, 0.4) is 0 Å². The van der Waals surface area contributed by atoms with E-state index in [0.29, 0.717) is 15.6 Å². The number of benzene rings is 4. The van der Waals surface area contributed by atoms with E-state index in [9.17, 15) is 22.4 Å². The largest absolute Gasteiger partial charge is 0.352 e. The zero-order valence-corrected chi connectivity index (χ0v) is 28.9. The van der Waals surface area contributed by atoms with Gasteiger partial charge in [-0.3, -0.25) is 13.9 Å². The molecule has 1 aliphatic rings. The Balaban J connectivity index is 1.59. The number of halogens is 3. The number of aryl methyl sites for hydroxylation is 1. The molecule has 1 aliphatic carbocycles. The van der Waals surface area contributed by atoms with Gasteiger partial charge in [0.1, 0.15) is 18.4 Å². The Kier molecular flexibility index (Phi) is 11.8. The maximum absolute atomic E-state index is 14.7. The lowest BCUT2D eigenvalue weighted by Gasteiger charge is -2.35. The molecule has 4 aromatic rings. The van der Waals surface area contributed by atoms with E-state index in [0.717, 1.165) is 71.8 Å². The Morgan fingerprint density at radius 2 is 1.48 bits per heavy atom. The Morgan fingerprint density at radius 3 is 2.10 bits per heavy atom. The van der Waals surface area contributed by atoms with Gasteiger partial charge in [0.15, 0.2) is 0 Å². The van der Waals surface area contributed by atoms with Crippen LogP contribution in [0.5, 0.6) is 0 Å². The summed E-state index contributed by atoms with van der Waals surface area (Å²) in [6, 6.07) is 24.4. The van der Waals surface area contributed by atoms with Crippen LogP contribution in [-0.4, -0.2) is 43.8 Å². The molecular formula is C37H38Cl2FN3O4S. The first kappa shape index (κ1) is 35.4. The lowest BCUT2D eigenvalue weighted by Crippen LogP contribution is -2.55. The average molecular weight is 711 g/mol. The van der Waals surface area contributed by atoms with Crippen molar-refractivity contribution in [1.82, 2.24) is 10.2 Å². The van der Waals surface area contributed by atoms with Gasteiger partial charge in [-0.05, 0) is 73.9 Å². The normalized spacial score (nSPS) is 14.2. The Labute approximate surface area is 291 Å². The molecule has 1 fully saturated rings. The topological polar surface area (TPSA) is 86.8 Å². The summed E-state index contributed by atoms with van der Waals surface area (Å²) >= 11 is 13.2. The number of carbonyl (C=O) groups is 2. The summed E-state index contributed by atoms with van der Waals surface area (Å²) in [6.07, 6.45) is 4.95. The minimum absolute atomic E-state index is 0.0340. The monoisotopic (exact) mass is 709 g/mol. The number of rotatable bonds is 12. The Morgan fingerprint density at radius 1 is 0.854 bits per heavy atom. The van der Waals surface area contributed by atoms with Gasteiger partial charge in [0.05, 0.1) is 10.6 Å². The Bertz CT molecular complexity index is 1800. The number of sulfonamides is 1. The van der Waals surface area contributed by atoms with Gasteiger partial charge in [-0.15, -0.1) is 0 Å². The first-order valence-electron chi connectivity index (χ1n) is 15.9. The summed E-state index contributed by atoms with van der Waals surface area (Å²) in [5, 5.41) is 3.79. The molecule has 5 rings (SSSR count). The van der Waals surface area contributed by atoms with Crippen molar-refractivity contribution in [3.8, 4) is 0 Å². The van der Waals surface area contributed by atoms with Crippen LogP contribution in [0, 0.1) is 12.7 Å². The highest BCUT2D eigenvalue weighted by Gasteiger charge is 2.36. The summed E-state index contributed by atoms with van der Waals surface area (Å²) in [6.45, 7) is 1.07. The number of anilines is 1. The van der Waals surface area contributed by atoms with Crippen molar-refractivity contribution in [3.05, 3.63) is 130 Å². The van der Waals surface area contributed by atoms with Gasteiger partial charge < -0.3 is 10.2 Å². The highest BCUT2D eigenvalue weighted by atomic mass is 35.5. The van der Waals surface area contributed by atoms with Gasteiger partial charge >= 0.3 is 0 Å². The molecule has 0 saturated heterocycles. The van der Waals surface area contributed by atoms with Crippen molar-refractivity contribution in [2.45, 2.75) is 69.0 Å². The summed E-state index contributed by atoms with van der Waals surface area (Å²) in [4.78, 5) is 30.1. The number of amides is 2. The molecule has 2 amide bonds. The zero-order chi connectivity index (χ0) is 34.3. The van der Waals surface area contributed by atoms with Crippen molar-refractivity contribution in [1.29, 1.82) is 0 Å². The molecule has 11 heteroatoms. The van der Waals surface area contributed by atoms with Crippen LogP contribution in [-0.2, 0) is 32.6 Å². The molecule has 0 spiro atoms. The van der Waals surface area contributed by atoms with Crippen LogP contribution in [0.1, 0.15) is 48.8 Å². The number of nitrogens with one attached hydrogen (secondary N) is 1. The number of hydrogen-bond donors (Lipinski definition) is 1. The van der Waals surface area contributed by atoms with Crippen LogP contribution in [0.4, 0.5) is 10.1 Å². The number of hydrogen-bond acceptors (Lipinski definition) is 4. The van der Waals surface area contributed by atoms with E-state index in [1.807, 2.05) is 37.3 Å². The van der Waals surface area contributed by atoms with Crippen molar-refractivity contribution < 1.29 is 22.4 Å². The summed E-state index contributed by atoms with van der Waals surface area (Å²) in [5.74, 6) is -1.58. The summed E-state index contributed by atoms with van der Waals surface area (Å²) < 4.78 is 43.0. The maximum Gasteiger partial charge on any atom is 0.264 e. The summed E-state index contributed by atoms with van der Waals surface area (Å²) in [7, 11) is -4.36. The first-order valence-corrected chi connectivity index (χ1v) is 18.1. The SMILES string of the molecule is Cc1ccc(N(CC(=O)N(Cc2c(Cl)cccc2Cl)C(Cc2ccccc2)C(=O)NC2CCCCC2)S(=O)(=O)c2ccc(F)cc2)cc1. The van der Waals surface area contributed by atoms with Crippen LogP contribution >= 0.6 is 23.2 Å². The molecule has 1 N–H and O–H groups in total. The number of nitrogens with zero attached hydrogens (tertiary/aromatic N) is 2. The van der Waals surface area contributed by atoms with E-state index in [1.165, 1.54) is 4.90 Å². The third-order valence-electron chi connectivity index (χ3n) is 8.62. The van der Waals surface area contributed by atoms with E-state index in [2.05, 4.69) is 5.32 Å². The molecule has 1 saturated carbocycles. The third kappa shape index (κ3) is 8.75. The van der Waals surface area contributed by atoms with E-state index in [1.54, 1.807) is 42.5 Å². The maximum atomic E-state index is 14.7. The highest BCUT2D eigenvalue weighted by Crippen LogP contribution is 2.29. The molecule has 0 aromatic heterocycles. The Hall–Kier alpha value is -3.92. The van der Waals surface area contributed by atoms with Crippen molar-refractivity contribution in [2.24, 2.45) is 0 Å². The highest BCUT2D eigenvalue weighted by molar-refractivity contribution is 7.92. The predicted molar refractivity (Wildman–Crippen MR) is 188 cm³/mol. The molecule has 1 atom stereocenters. The molecular weight excluding hydrogens is 672 g/mol. The fourth-order valence-electron chi connectivity index (χ4n) is 5.93. The van der Waals surface area contributed by atoms with E-state index < -0.39 is 34.3 Å². The van der Waals surface area contributed by atoms with Crippen LogP contribution in [0.15, 0.2) is 102 Å². The minimum atomic E-state index is -4.36. The molecule has 0 heterocycles. The fraction of sp³-hybridized carbons (Fsp3) is 0.297. The van der Waals surface area contributed by atoms with Crippen molar-refractivity contribution >= 4 is 50.7 Å². The van der Waals surface area contributed by atoms with Crippen molar-refractivity contribution in [3.63, 3.8) is 0 Å². The average Bonchev–Trinajstić information content (AvgIpc) is 3.08. The predicted octanol–water partition coefficient (Wildman–Crippen LogP) is 7.73. The van der Waals surface area contributed by atoms with Gasteiger partial charge in [0.2, 0.25) is 11.8 Å². The van der Waals surface area contributed by atoms with Gasteiger partial charge in [-0.1, -0.05) is 96.6 Å². The van der Waals surface area contributed by atoms with Crippen LogP contribution < -0.4 is 9.62 Å². The second kappa shape index (κ2) is 16.0. The standard InChI is InChI=1S/C37H38Cl2FN3O4S/c1-26-15-19-30(20-16-26)43(48(46,47)31-21-17-28(40)18-22-31)25-36(44)42(24-32-33(38)13-8-14-34(32)39)35(23-27-9-4-2-5-10-27)37(45)41-29-11-6-3-7-12-29/h2,4-5,8-10,13-22,29,35H,3,6-7,11-12,23-25H2,1H3,(H,41,45). The van der Waals surface area contributed by atoms with Gasteiger partial charge in [-0.25, -0.2) is 12.8 Å². The molecule has 1 unspecified atom stereocenters. The van der Waals surface area contributed by atoms with E-state index in [-0.39, 0.29) is 35.5 Å². The van der Waals surface area contributed by atoms with Crippen LogP contribution in [0.2, 0.25) is 10.0 Å². The van der Waals surface area contributed by atoms with Gasteiger partial charge in [0, 0.05) is 34.6 Å². The second-order valence-electron chi connectivity index (χ2n) is 12.1. The quantitative estimate of drug-likeness (QED) is 0.163. The second-order valence-corrected chi connectivity index (χ2v) is 14.7. The molecule has 252 valence electrons. The molecule has 4 aromatic carbocycles. The molecule has 0 aliphatic heterocycles. The lowest BCUT2D eigenvalue weighted by molar-refractivity contribution is -0.140. The van der Waals surface area contributed by atoms with Gasteiger partial charge in [-0.2, -0.15) is 0 Å². The van der Waals surface area contributed by atoms with Gasteiger partial charge in [0.25, 0.3) is 10.0 Å². The molecule has 0 bridgehead atoms. The van der Waals surface area contributed by atoms with Crippen LogP contribution in [0.25, 0.3) is 0 Å². The van der Waals surface area contributed by atoms with E-state index >= 15 is 0 Å². The smallest absolute Gasteiger partial charge is 0.264 e. The summed E-state index contributed by atoms with van der Waals surface area (Å²) in [5.41, 5.74) is 2.38.